The van der Waals surface area contributed by atoms with E-state index in [1.54, 1.807) is 13.2 Å². The van der Waals surface area contributed by atoms with E-state index in [4.69, 9.17) is 9.78 Å². The molecular formula is C14H22N6O3. The molecule has 2 aromatic heterocycles. The minimum Gasteiger partial charge on any atom is -0.492 e. The first kappa shape index (κ1) is 17.1. The van der Waals surface area contributed by atoms with Gasteiger partial charge < -0.3 is 5.11 Å². The van der Waals surface area contributed by atoms with E-state index in [1.807, 2.05) is 27.7 Å². The number of hydrogen-bond donors (Lipinski definition) is 2. The zero-order chi connectivity index (χ0) is 17.0. The molecule has 126 valence electrons. The van der Waals surface area contributed by atoms with Gasteiger partial charge in [-0.3, -0.25) is 5.10 Å². The van der Waals surface area contributed by atoms with Crippen LogP contribution in [0.5, 0.6) is 5.88 Å². The summed E-state index contributed by atoms with van der Waals surface area (Å²) in [6, 6.07) is 0. The van der Waals surface area contributed by atoms with Gasteiger partial charge in [0.05, 0.1) is 18.5 Å². The molecule has 9 nitrogen and oxygen atoms in total. The Balaban J connectivity index is 2.26. The Morgan fingerprint density at radius 3 is 2.70 bits per heavy atom. The lowest BCUT2D eigenvalue weighted by Gasteiger charge is -2.15. The normalized spacial score (nSPS) is 12.4. The standard InChI is InChI=1S/C14H22N6O3/c1-6-22-23-8-9-7-15-17-12(9)18-16-10-11(14(2,3)4)19-20(5)13(10)21/h7,21H,6,8H2,1-5H3,(H,15,17)/b18-16+. The lowest BCUT2D eigenvalue weighted by Crippen LogP contribution is -2.12. The molecule has 2 aromatic rings. The molecule has 0 aliphatic heterocycles. The average Bonchev–Trinajstić information content (AvgIpc) is 3.03. The molecular weight excluding hydrogens is 300 g/mol. The summed E-state index contributed by atoms with van der Waals surface area (Å²) in [5.74, 6) is 0.401. The molecule has 2 heterocycles. The van der Waals surface area contributed by atoms with E-state index >= 15 is 0 Å². The highest BCUT2D eigenvalue weighted by Crippen LogP contribution is 2.38. The summed E-state index contributed by atoms with van der Waals surface area (Å²) in [4.78, 5) is 9.84. The molecule has 0 fully saturated rings. The molecule has 2 rings (SSSR count). The van der Waals surface area contributed by atoms with Crippen LogP contribution >= 0.6 is 0 Å². The second-order valence-corrected chi connectivity index (χ2v) is 6.01. The SMILES string of the molecule is CCOOCc1cn[nH]c1/N=N/c1c(C(C)(C)C)nn(C)c1O. The summed E-state index contributed by atoms with van der Waals surface area (Å²) in [6.07, 6.45) is 1.58. The quantitative estimate of drug-likeness (QED) is 0.367. The minimum absolute atomic E-state index is 0.0368. The Kier molecular flexibility index (Phi) is 5.12. The third-order valence-corrected chi connectivity index (χ3v) is 3.06. The Bertz CT molecular complexity index is 683. The van der Waals surface area contributed by atoms with E-state index in [2.05, 4.69) is 25.5 Å². The van der Waals surface area contributed by atoms with Crippen molar-refractivity contribution < 1.29 is 14.9 Å². The van der Waals surface area contributed by atoms with Gasteiger partial charge in [0.15, 0.2) is 11.5 Å². The van der Waals surface area contributed by atoms with Crippen LogP contribution in [0.15, 0.2) is 16.4 Å². The first-order valence-electron chi connectivity index (χ1n) is 7.29. The average molecular weight is 322 g/mol. The first-order chi connectivity index (χ1) is 10.8. The number of H-pyrrole nitrogens is 1. The van der Waals surface area contributed by atoms with Gasteiger partial charge in [-0.15, -0.1) is 10.2 Å². The Morgan fingerprint density at radius 1 is 1.30 bits per heavy atom. The number of nitrogens with zero attached hydrogens (tertiary/aromatic N) is 5. The topological polar surface area (TPSA) is 110 Å². The molecule has 0 saturated carbocycles. The van der Waals surface area contributed by atoms with Gasteiger partial charge >= 0.3 is 0 Å². The monoisotopic (exact) mass is 322 g/mol. The third-order valence-electron chi connectivity index (χ3n) is 3.06. The largest absolute Gasteiger partial charge is 0.492 e. The number of azo groups is 1. The van der Waals surface area contributed by atoms with Gasteiger partial charge in [0.1, 0.15) is 6.61 Å². The number of aromatic hydroxyl groups is 1. The summed E-state index contributed by atoms with van der Waals surface area (Å²) < 4.78 is 1.38. The molecule has 0 unspecified atom stereocenters. The van der Waals surface area contributed by atoms with Crippen molar-refractivity contribution in [2.75, 3.05) is 6.61 Å². The van der Waals surface area contributed by atoms with Gasteiger partial charge in [-0.05, 0) is 6.92 Å². The number of aromatic amines is 1. The van der Waals surface area contributed by atoms with Crippen LogP contribution in [0.3, 0.4) is 0 Å². The summed E-state index contributed by atoms with van der Waals surface area (Å²) >= 11 is 0. The zero-order valence-corrected chi connectivity index (χ0v) is 14.0. The molecule has 9 heteroatoms. The van der Waals surface area contributed by atoms with Crippen LogP contribution in [0.2, 0.25) is 0 Å². The van der Waals surface area contributed by atoms with Gasteiger partial charge in [-0.1, -0.05) is 20.8 Å². The number of hydrogen-bond acceptors (Lipinski definition) is 7. The maximum absolute atomic E-state index is 10.1. The lowest BCUT2D eigenvalue weighted by atomic mass is 9.91. The molecule has 2 N–H and O–H groups in total. The molecule has 0 radical (unpaired) electrons. The highest BCUT2D eigenvalue weighted by atomic mass is 17.2. The fourth-order valence-electron chi connectivity index (χ4n) is 1.89. The van der Waals surface area contributed by atoms with E-state index < -0.39 is 0 Å². The molecule has 23 heavy (non-hydrogen) atoms. The van der Waals surface area contributed by atoms with Gasteiger partial charge in [0.25, 0.3) is 0 Å². The molecule has 0 aliphatic carbocycles. The maximum atomic E-state index is 10.1. The molecule has 0 spiro atoms. The number of nitrogens with one attached hydrogen (secondary N) is 1. The maximum Gasteiger partial charge on any atom is 0.238 e. The van der Waals surface area contributed by atoms with Crippen molar-refractivity contribution in [1.29, 1.82) is 0 Å². The van der Waals surface area contributed by atoms with E-state index in [-0.39, 0.29) is 17.9 Å². The van der Waals surface area contributed by atoms with Gasteiger partial charge in [0.2, 0.25) is 5.88 Å². The van der Waals surface area contributed by atoms with Crippen LogP contribution in [-0.4, -0.2) is 31.7 Å². The molecule has 0 aliphatic rings. The van der Waals surface area contributed by atoms with E-state index in [9.17, 15) is 5.11 Å². The number of aromatic nitrogens is 4. The van der Waals surface area contributed by atoms with Gasteiger partial charge in [-0.2, -0.15) is 10.2 Å². The fourth-order valence-corrected chi connectivity index (χ4v) is 1.89. The molecule has 0 amide bonds. The van der Waals surface area contributed by atoms with Crippen molar-refractivity contribution in [3.63, 3.8) is 0 Å². The summed E-state index contributed by atoms with van der Waals surface area (Å²) in [7, 11) is 1.65. The Hall–Kier alpha value is -2.26. The Morgan fingerprint density at radius 2 is 2.04 bits per heavy atom. The van der Waals surface area contributed by atoms with Crippen molar-refractivity contribution in [3.05, 3.63) is 17.5 Å². The zero-order valence-electron chi connectivity index (χ0n) is 14.0. The first-order valence-corrected chi connectivity index (χ1v) is 7.29. The van der Waals surface area contributed by atoms with E-state index in [0.717, 1.165) is 0 Å². The smallest absolute Gasteiger partial charge is 0.238 e. The van der Waals surface area contributed by atoms with Crippen LogP contribution in [0.25, 0.3) is 0 Å². The van der Waals surface area contributed by atoms with Crippen molar-refractivity contribution >= 4 is 11.5 Å². The van der Waals surface area contributed by atoms with Crippen molar-refractivity contribution in [3.8, 4) is 5.88 Å². The predicted octanol–water partition coefficient (Wildman–Crippen LogP) is 3.03. The summed E-state index contributed by atoms with van der Waals surface area (Å²) in [6.45, 7) is 8.45. The summed E-state index contributed by atoms with van der Waals surface area (Å²) in [5, 5.41) is 29.4. The van der Waals surface area contributed by atoms with Crippen LogP contribution in [0.1, 0.15) is 39.0 Å². The second kappa shape index (κ2) is 6.88. The molecule has 0 saturated heterocycles. The van der Waals surface area contributed by atoms with Crippen molar-refractivity contribution in [2.24, 2.45) is 17.3 Å². The van der Waals surface area contributed by atoms with Crippen LogP contribution in [-0.2, 0) is 28.8 Å². The van der Waals surface area contributed by atoms with Gasteiger partial charge in [-0.25, -0.2) is 14.5 Å². The van der Waals surface area contributed by atoms with Crippen molar-refractivity contribution in [2.45, 2.75) is 39.7 Å². The van der Waals surface area contributed by atoms with Gasteiger partial charge in [0, 0.05) is 18.0 Å². The molecule has 0 bridgehead atoms. The van der Waals surface area contributed by atoms with Crippen LogP contribution in [0.4, 0.5) is 11.5 Å². The summed E-state index contributed by atoms with van der Waals surface area (Å²) in [5.41, 5.74) is 1.42. The number of rotatable bonds is 6. The van der Waals surface area contributed by atoms with Crippen LogP contribution < -0.4 is 0 Å². The third kappa shape index (κ3) is 3.93. The minimum atomic E-state index is -0.276. The molecule has 0 atom stereocenters. The highest BCUT2D eigenvalue weighted by Gasteiger charge is 2.26. The Labute approximate surface area is 134 Å². The van der Waals surface area contributed by atoms with E-state index in [0.29, 0.717) is 29.4 Å². The lowest BCUT2D eigenvalue weighted by molar-refractivity contribution is -0.300. The highest BCUT2D eigenvalue weighted by molar-refractivity contribution is 5.54. The predicted molar refractivity (Wildman–Crippen MR) is 82.8 cm³/mol. The van der Waals surface area contributed by atoms with Crippen molar-refractivity contribution in [1.82, 2.24) is 20.0 Å². The number of aryl methyl sites for hydroxylation is 1. The molecule has 0 aromatic carbocycles. The van der Waals surface area contributed by atoms with E-state index in [1.165, 1.54) is 4.68 Å². The van der Waals surface area contributed by atoms with Crippen LogP contribution in [0, 0.1) is 0 Å². The fraction of sp³-hybridized carbons (Fsp3) is 0.571. The second-order valence-electron chi connectivity index (χ2n) is 6.01.